The van der Waals surface area contributed by atoms with Gasteiger partial charge in [0, 0.05) is 11.5 Å². The molecular formula is C11H12NO2. The van der Waals surface area contributed by atoms with Crippen LogP contribution < -0.4 is 4.74 Å². The minimum atomic E-state index is -0.266. The van der Waals surface area contributed by atoms with Crippen LogP contribution in [-0.2, 0) is 0 Å². The minimum Gasteiger partial charge on any atom is -0.495 e. The summed E-state index contributed by atoms with van der Waals surface area (Å²) >= 11 is 0. The van der Waals surface area contributed by atoms with Crippen LogP contribution in [0.3, 0.4) is 0 Å². The van der Waals surface area contributed by atoms with Crippen LogP contribution in [0.2, 0.25) is 0 Å². The molecule has 1 aromatic rings. The molecule has 3 heteroatoms. The number of benzene rings is 1. The second-order valence-corrected chi connectivity index (χ2v) is 2.92. The van der Waals surface area contributed by atoms with Gasteiger partial charge >= 0.3 is 0 Å². The van der Waals surface area contributed by atoms with Crippen LogP contribution >= 0.6 is 0 Å². The van der Waals surface area contributed by atoms with Gasteiger partial charge in [0.15, 0.2) is 0 Å². The molecule has 1 radical (unpaired) electrons. The number of ether oxygens (including phenoxy) is 1. The first kappa shape index (κ1) is 10.6. The highest BCUT2D eigenvalue weighted by molar-refractivity contribution is 5.50. The van der Waals surface area contributed by atoms with Crippen LogP contribution in [0.4, 0.5) is 0 Å². The number of hydrogen-bond donors (Lipinski definition) is 1. The summed E-state index contributed by atoms with van der Waals surface area (Å²) in [5, 5.41) is 17.8. The van der Waals surface area contributed by atoms with Crippen molar-refractivity contribution in [3.8, 4) is 11.8 Å². The number of aliphatic hydroxyl groups excluding tert-OH is 1. The molecule has 0 bridgehead atoms. The summed E-state index contributed by atoms with van der Waals surface area (Å²) in [7, 11) is 1.50. The summed E-state index contributed by atoms with van der Waals surface area (Å²) in [5.74, 6) is 0.238. The van der Waals surface area contributed by atoms with E-state index in [0.29, 0.717) is 11.3 Å². The molecule has 0 saturated heterocycles. The Balaban J connectivity index is 3.23. The largest absolute Gasteiger partial charge is 0.495 e. The highest BCUT2D eigenvalue weighted by Gasteiger charge is 2.13. The fourth-order valence-electron chi connectivity index (χ4n) is 1.29. The summed E-state index contributed by atoms with van der Waals surface area (Å²) in [4.78, 5) is 0. The normalized spacial score (nSPS) is 11.9. The molecule has 1 atom stereocenters. The van der Waals surface area contributed by atoms with Crippen molar-refractivity contribution in [1.82, 2.24) is 0 Å². The van der Waals surface area contributed by atoms with Crippen molar-refractivity contribution in [1.29, 1.82) is 5.26 Å². The summed E-state index contributed by atoms with van der Waals surface area (Å²) in [6.07, 6.45) is 0. The number of rotatable bonds is 3. The van der Waals surface area contributed by atoms with Gasteiger partial charge in [-0.15, -0.1) is 0 Å². The molecule has 1 unspecified atom stereocenters. The molecule has 0 aliphatic heterocycles. The lowest BCUT2D eigenvalue weighted by molar-refractivity contribution is 0.279. The lowest BCUT2D eigenvalue weighted by Gasteiger charge is -2.13. The Labute approximate surface area is 83.6 Å². The van der Waals surface area contributed by atoms with E-state index in [9.17, 15) is 0 Å². The van der Waals surface area contributed by atoms with Gasteiger partial charge < -0.3 is 9.84 Å². The van der Waals surface area contributed by atoms with Gasteiger partial charge in [-0.3, -0.25) is 0 Å². The zero-order valence-electron chi connectivity index (χ0n) is 8.03. The third-order valence-corrected chi connectivity index (χ3v) is 2.03. The molecule has 0 spiro atoms. The SMILES string of the molecule is [CH2]C(CO)c1cccc(C#N)c1OC. The zero-order valence-corrected chi connectivity index (χ0v) is 8.03. The smallest absolute Gasteiger partial charge is 0.140 e. The molecule has 0 aliphatic carbocycles. The van der Waals surface area contributed by atoms with Crippen molar-refractivity contribution < 1.29 is 9.84 Å². The molecule has 0 aliphatic rings. The Morgan fingerprint density at radius 3 is 2.86 bits per heavy atom. The van der Waals surface area contributed by atoms with E-state index < -0.39 is 0 Å². The summed E-state index contributed by atoms with van der Waals surface area (Å²) in [6, 6.07) is 7.26. The van der Waals surface area contributed by atoms with Gasteiger partial charge in [0.25, 0.3) is 0 Å². The Morgan fingerprint density at radius 1 is 1.64 bits per heavy atom. The Hall–Kier alpha value is -1.53. The van der Waals surface area contributed by atoms with E-state index in [4.69, 9.17) is 15.1 Å². The number of para-hydroxylation sites is 1. The van der Waals surface area contributed by atoms with Crippen molar-refractivity contribution >= 4 is 0 Å². The topological polar surface area (TPSA) is 53.2 Å². The van der Waals surface area contributed by atoms with E-state index in [1.165, 1.54) is 7.11 Å². The lowest BCUT2D eigenvalue weighted by Crippen LogP contribution is -2.03. The first-order valence-corrected chi connectivity index (χ1v) is 4.25. The van der Waals surface area contributed by atoms with E-state index in [0.717, 1.165) is 5.56 Å². The predicted octanol–water partition coefficient (Wildman–Crippen LogP) is 1.48. The van der Waals surface area contributed by atoms with E-state index in [-0.39, 0.29) is 12.5 Å². The maximum atomic E-state index is 8.97. The van der Waals surface area contributed by atoms with E-state index >= 15 is 0 Å². The third kappa shape index (κ3) is 1.86. The van der Waals surface area contributed by atoms with Gasteiger partial charge in [0.05, 0.1) is 19.3 Å². The highest BCUT2D eigenvalue weighted by atomic mass is 16.5. The second kappa shape index (κ2) is 4.64. The quantitative estimate of drug-likeness (QED) is 0.785. The average Bonchev–Trinajstić information content (AvgIpc) is 2.26. The molecule has 0 heterocycles. The molecular weight excluding hydrogens is 178 g/mol. The van der Waals surface area contributed by atoms with Crippen LogP contribution in [0.1, 0.15) is 17.0 Å². The fraction of sp³-hybridized carbons (Fsp3) is 0.273. The van der Waals surface area contributed by atoms with Gasteiger partial charge in [-0.1, -0.05) is 12.1 Å². The number of aliphatic hydroxyl groups is 1. The molecule has 1 N–H and O–H groups in total. The van der Waals surface area contributed by atoms with Crippen molar-refractivity contribution in [2.75, 3.05) is 13.7 Å². The monoisotopic (exact) mass is 190 g/mol. The van der Waals surface area contributed by atoms with Crippen LogP contribution in [-0.4, -0.2) is 18.8 Å². The zero-order chi connectivity index (χ0) is 10.6. The van der Waals surface area contributed by atoms with Crippen molar-refractivity contribution in [3.05, 3.63) is 36.2 Å². The van der Waals surface area contributed by atoms with Crippen molar-refractivity contribution in [2.24, 2.45) is 0 Å². The standard InChI is InChI=1S/C11H12NO2/c1-8(7-13)10-5-3-4-9(6-12)11(10)14-2/h3-5,8,13H,1,7H2,2H3. The number of nitriles is 1. The Bertz CT molecular complexity index is 355. The molecule has 14 heavy (non-hydrogen) atoms. The average molecular weight is 190 g/mol. The summed E-state index contributed by atoms with van der Waals surface area (Å²) < 4.78 is 5.12. The van der Waals surface area contributed by atoms with Crippen molar-refractivity contribution in [3.63, 3.8) is 0 Å². The number of methoxy groups -OCH3 is 1. The molecule has 1 rings (SSSR count). The van der Waals surface area contributed by atoms with Gasteiger partial charge in [-0.2, -0.15) is 5.26 Å². The van der Waals surface area contributed by atoms with Crippen LogP contribution in [0.15, 0.2) is 18.2 Å². The molecule has 0 saturated carbocycles. The van der Waals surface area contributed by atoms with Gasteiger partial charge in [0.2, 0.25) is 0 Å². The van der Waals surface area contributed by atoms with E-state index in [2.05, 4.69) is 6.92 Å². The van der Waals surface area contributed by atoms with E-state index in [1.807, 2.05) is 6.07 Å². The third-order valence-electron chi connectivity index (χ3n) is 2.03. The first-order valence-electron chi connectivity index (χ1n) is 4.25. The lowest BCUT2D eigenvalue weighted by atomic mass is 9.98. The fourth-order valence-corrected chi connectivity index (χ4v) is 1.29. The summed E-state index contributed by atoms with van der Waals surface area (Å²) in [5.41, 5.74) is 1.22. The van der Waals surface area contributed by atoms with Crippen LogP contribution in [0.5, 0.6) is 5.75 Å². The maximum Gasteiger partial charge on any atom is 0.140 e. The van der Waals surface area contributed by atoms with E-state index in [1.54, 1.807) is 18.2 Å². The molecule has 3 nitrogen and oxygen atoms in total. The molecule has 0 fully saturated rings. The number of hydrogen-bond acceptors (Lipinski definition) is 3. The van der Waals surface area contributed by atoms with Gasteiger partial charge in [-0.05, 0) is 13.0 Å². The van der Waals surface area contributed by atoms with Crippen LogP contribution in [0, 0.1) is 18.3 Å². The second-order valence-electron chi connectivity index (χ2n) is 2.92. The Kier molecular flexibility index (Phi) is 3.49. The first-order chi connectivity index (χ1) is 6.74. The van der Waals surface area contributed by atoms with Crippen molar-refractivity contribution in [2.45, 2.75) is 5.92 Å². The molecule has 73 valence electrons. The van der Waals surface area contributed by atoms with Crippen LogP contribution in [0.25, 0.3) is 0 Å². The predicted molar refractivity (Wildman–Crippen MR) is 52.9 cm³/mol. The van der Waals surface area contributed by atoms with Gasteiger partial charge in [0.1, 0.15) is 11.8 Å². The number of nitrogens with zero attached hydrogens (tertiary/aromatic N) is 1. The molecule has 1 aromatic carbocycles. The Morgan fingerprint density at radius 2 is 2.36 bits per heavy atom. The minimum absolute atomic E-state index is 0.0642. The maximum absolute atomic E-state index is 8.97. The highest BCUT2D eigenvalue weighted by Crippen LogP contribution is 2.29. The summed E-state index contributed by atoms with van der Waals surface area (Å²) in [6.45, 7) is 3.71. The molecule has 0 aromatic heterocycles. The van der Waals surface area contributed by atoms with Gasteiger partial charge in [-0.25, -0.2) is 0 Å². The molecule has 0 amide bonds.